The van der Waals surface area contributed by atoms with Crippen LogP contribution in [0.5, 0.6) is 0 Å². The van der Waals surface area contributed by atoms with Gasteiger partial charge in [-0.15, -0.1) is 0 Å². The van der Waals surface area contributed by atoms with Crippen molar-refractivity contribution in [3.63, 3.8) is 0 Å². The molecule has 318 valence electrons. The summed E-state index contributed by atoms with van der Waals surface area (Å²) in [5.41, 5.74) is 31.1. The molecule has 8 aromatic rings. The number of benzene rings is 8. The van der Waals surface area contributed by atoms with Crippen molar-refractivity contribution in [2.45, 2.75) is 101 Å². The molecule has 13 rings (SSSR count). The number of hydrogen-bond donors (Lipinski definition) is 0. The Bertz CT molecular complexity index is 2970. The number of hydrogen-bond acceptors (Lipinski definition) is 0. The highest BCUT2D eigenvalue weighted by molar-refractivity contribution is 6.00. The molecule has 0 heterocycles. The van der Waals surface area contributed by atoms with Crippen LogP contribution in [-0.2, 0) is 23.7 Å². The Morgan fingerprint density at radius 2 is 0.683 bits per heavy atom. The van der Waals surface area contributed by atoms with E-state index >= 15 is 0 Å². The van der Waals surface area contributed by atoms with Crippen molar-refractivity contribution in [2.75, 3.05) is 0 Å². The molecule has 0 amide bonds. The number of aryl methyl sites for hydroxylation is 4. The molecule has 0 bridgehead atoms. The summed E-state index contributed by atoms with van der Waals surface area (Å²) < 4.78 is 0. The molecule has 0 aliphatic heterocycles. The maximum atomic E-state index is 2.49. The van der Waals surface area contributed by atoms with E-state index in [1.165, 1.54) is 122 Å². The zero-order valence-electron chi connectivity index (χ0n) is 34.0. The summed E-state index contributed by atoms with van der Waals surface area (Å²) in [6.45, 7) is 11.3. The predicted octanol–water partition coefficient (Wildman–Crippen LogP) is 17.4. The Morgan fingerprint density at radius 3 is 1.10 bits per heavy atom. The van der Waals surface area contributed by atoms with E-state index in [9.17, 15) is 0 Å². The van der Waals surface area contributed by atoms with E-state index in [4.69, 9.17) is 0 Å². The van der Waals surface area contributed by atoms with Crippen LogP contribution in [-0.4, -0.2) is 0 Å². The van der Waals surface area contributed by atoms with Crippen LogP contribution in [0, 0.1) is 13.8 Å². The molecule has 0 unspecified atom stereocenters. The minimum atomic E-state index is -0.199. The normalized spacial score (nSPS) is 14.1. The average Bonchev–Trinajstić information content (AvgIpc) is 4.01. The van der Waals surface area contributed by atoms with Gasteiger partial charge in [0, 0.05) is 5.92 Å². The average molecular weight is 823 g/mol. The second kappa shape index (κ2) is 15.8. The van der Waals surface area contributed by atoms with Crippen LogP contribution in [0.1, 0.15) is 142 Å². The molecule has 2 spiro atoms. The van der Waals surface area contributed by atoms with E-state index in [0.717, 1.165) is 12.8 Å². The molecule has 0 saturated carbocycles. The first-order valence-corrected chi connectivity index (χ1v) is 21.4. The van der Waals surface area contributed by atoms with Gasteiger partial charge in [-0.1, -0.05) is 227 Å². The van der Waals surface area contributed by atoms with Gasteiger partial charge in [0.05, 0.1) is 10.8 Å². The van der Waals surface area contributed by atoms with Crippen molar-refractivity contribution in [1.29, 1.82) is 0 Å². The Labute approximate surface area is 379 Å². The molecule has 0 atom stereocenters. The third-order valence-electron chi connectivity index (χ3n) is 14.7. The van der Waals surface area contributed by atoms with Crippen molar-refractivity contribution in [2.24, 2.45) is 0 Å². The lowest BCUT2D eigenvalue weighted by molar-refractivity contribution is 0.782. The molecule has 0 radical (unpaired) electrons. The van der Waals surface area contributed by atoms with Crippen molar-refractivity contribution in [3.8, 4) is 44.5 Å². The van der Waals surface area contributed by atoms with E-state index < -0.39 is 0 Å². The SMILES string of the molecule is C.C.C.C.C.CCc1ccc2c(c1)C1(c3cc(C)ccc3-2)c2cccc3c2-c2c(cccc21)C3C.CCc1ccc2c(c1)C1(c3ccccc3-c3ccccc31)c1cc(C)ccc1-2. The van der Waals surface area contributed by atoms with Gasteiger partial charge >= 0.3 is 0 Å². The van der Waals surface area contributed by atoms with Crippen LogP contribution < -0.4 is 0 Å². The Balaban J connectivity index is 0.000000175. The molecule has 8 aromatic carbocycles. The van der Waals surface area contributed by atoms with Crippen LogP contribution in [0.3, 0.4) is 0 Å². The zero-order chi connectivity index (χ0) is 39.1. The molecule has 0 aromatic heterocycles. The van der Waals surface area contributed by atoms with Crippen LogP contribution >= 0.6 is 0 Å². The maximum absolute atomic E-state index is 2.49. The first-order valence-electron chi connectivity index (χ1n) is 21.4. The lowest BCUT2D eigenvalue weighted by Gasteiger charge is -2.32. The molecule has 0 heteroatoms. The highest BCUT2D eigenvalue weighted by Crippen LogP contribution is 2.67. The van der Waals surface area contributed by atoms with Crippen LogP contribution in [0.25, 0.3) is 44.5 Å². The quantitative estimate of drug-likeness (QED) is 0.163. The second-order valence-corrected chi connectivity index (χ2v) is 17.4. The Morgan fingerprint density at radius 1 is 0.349 bits per heavy atom. The molecular weight excluding hydrogens is 757 g/mol. The fourth-order valence-electron chi connectivity index (χ4n) is 12.2. The van der Waals surface area contributed by atoms with Gasteiger partial charge in [0.15, 0.2) is 0 Å². The Kier molecular flexibility index (Phi) is 11.3. The van der Waals surface area contributed by atoms with Gasteiger partial charge in [-0.3, -0.25) is 0 Å². The molecular formula is C63H66. The molecule has 5 aliphatic rings. The lowest BCUT2D eigenvalue weighted by atomic mass is 9.69. The molecule has 63 heavy (non-hydrogen) atoms. The van der Waals surface area contributed by atoms with Gasteiger partial charge in [-0.25, -0.2) is 0 Å². The predicted molar refractivity (Wildman–Crippen MR) is 275 cm³/mol. The lowest BCUT2D eigenvalue weighted by Crippen LogP contribution is -2.26. The summed E-state index contributed by atoms with van der Waals surface area (Å²) in [7, 11) is 0. The number of fused-ring (bicyclic) bond motifs is 17. The second-order valence-electron chi connectivity index (χ2n) is 17.4. The van der Waals surface area contributed by atoms with E-state index in [1.807, 2.05) is 0 Å². The molecule has 0 N–H and O–H groups in total. The van der Waals surface area contributed by atoms with Gasteiger partial charge in [0.1, 0.15) is 0 Å². The highest BCUT2D eigenvalue weighted by atomic mass is 14.6. The topological polar surface area (TPSA) is 0 Å². The molecule has 0 saturated heterocycles. The van der Waals surface area contributed by atoms with Crippen molar-refractivity contribution < 1.29 is 0 Å². The van der Waals surface area contributed by atoms with E-state index in [-0.39, 0.29) is 48.0 Å². The maximum Gasteiger partial charge on any atom is 0.0725 e. The van der Waals surface area contributed by atoms with Crippen molar-refractivity contribution >= 4 is 0 Å². The van der Waals surface area contributed by atoms with Gasteiger partial charge in [-0.05, 0) is 138 Å². The first kappa shape index (κ1) is 44.8. The minimum absolute atomic E-state index is 0. The fraction of sp³-hybridized carbons (Fsp3) is 0.238. The zero-order valence-corrected chi connectivity index (χ0v) is 34.0. The van der Waals surface area contributed by atoms with Gasteiger partial charge in [0.25, 0.3) is 0 Å². The third-order valence-corrected chi connectivity index (χ3v) is 14.7. The first-order chi connectivity index (χ1) is 28.4. The van der Waals surface area contributed by atoms with E-state index in [2.05, 4.69) is 192 Å². The molecule has 0 nitrogen and oxygen atoms in total. The van der Waals surface area contributed by atoms with Crippen LogP contribution in [0.2, 0.25) is 0 Å². The summed E-state index contributed by atoms with van der Waals surface area (Å²) in [5, 5.41) is 0. The molecule has 5 aliphatic carbocycles. The summed E-state index contributed by atoms with van der Waals surface area (Å²) in [5.74, 6) is 0.479. The summed E-state index contributed by atoms with van der Waals surface area (Å²) in [4.78, 5) is 0. The van der Waals surface area contributed by atoms with Crippen LogP contribution in [0.4, 0.5) is 0 Å². The molecule has 0 fully saturated rings. The van der Waals surface area contributed by atoms with Crippen molar-refractivity contribution in [3.05, 3.63) is 236 Å². The summed E-state index contributed by atoms with van der Waals surface area (Å²) >= 11 is 0. The van der Waals surface area contributed by atoms with Crippen molar-refractivity contribution in [1.82, 2.24) is 0 Å². The summed E-state index contributed by atoms with van der Waals surface area (Å²) in [6, 6.07) is 60.4. The third kappa shape index (κ3) is 5.46. The number of rotatable bonds is 2. The minimum Gasteiger partial charge on any atom is -0.0776 e. The smallest absolute Gasteiger partial charge is 0.0725 e. The van der Waals surface area contributed by atoms with Gasteiger partial charge in [0.2, 0.25) is 0 Å². The monoisotopic (exact) mass is 823 g/mol. The van der Waals surface area contributed by atoms with E-state index in [0.29, 0.717) is 5.92 Å². The van der Waals surface area contributed by atoms with Gasteiger partial charge in [-0.2, -0.15) is 0 Å². The standard InChI is InChI=1S/C30H24.C28H22.5CH4/c1-4-19-12-14-23-22-13-11-17(2)15-26(22)30(27(23)16-19)24-9-5-7-20-18(3)21-8-6-10-25(30)29(21)28(20)24;1-3-19-13-15-23-22-14-12-18(2)16-26(22)28(27(23)17-19)24-10-6-4-8-20(24)21-9-5-7-11-25(21)28;;;;;/h5-16,18H,4H2,1-3H3;4-17H,3H2,1-2H3;5*1H4. The summed E-state index contributed by atoms with van der Waals surface area (Å²) in [6.07, 6.45) is 2.12. The largest absolute Gasteiger partial charge is 0.0776 e. The van der Waals surface area contributed by atoms with E-state index in [1.54, 1.807) is 0 Å². The van der Waals surface area contributed by atoms with Gasteiger partial charge < -0.3 is 0 Å². The van der Waals surface area contributed by atoms with Crippen LogP contribution in [0.15, 0.2) is 158 Å². The fourth-order valence-corrected chi connectivity index (χ4v) is 12.2. The highest BCUT2D eigenvalue weighted by Gasteiger charge is 2.55. The Hall–Kier alpha value is -6.24.